The molecule has 1 aromatic rings. The molecule has 0 saturated heterocycles. The van der Waals surface area contributed by atoms with Crippen LogP contribution in [0.3, 0.4) is 0 Å². The monoisotopic (exact) mass is 294 g/mol. The highest BCUT2D eigenvalue weighted by Crippen LogP contribution is 2.12. The van der Waals surface area contributed by atoms with Crippen molar-refractivity contribution in [1.82, 2.24) is 10.2 Å². The second kappa shape index (κ2) is 8.97. The van der Waals surface area contributed by atoms with E-state index in [1.807, 2.05) is 31.2 Å². The van der Waals surface area contributed by atoms with E-state index in [4.69, 9.17) is 9.84 Å². The van der Waals surface area contributed by atoms with E-state index < -0.39 is 5.97 Å². The van der Waals surface area contributed by atoms with E-state index in [2.05, 4.69) is 5.32 Å². The molecule has 0 unspecified atom stereocenters. The first-order valence-corrected chi connectivity index (χ1v) is 6.89. The van der Waals surface area contributed by atoms with Crippen molar-refractivity contribution in [3.05, 3.63) is 29.8 Å². The third-order valence-corrected chi connectivity index (χ3v) is 3.08. The Morgan fingerprint density at radius 1 is 1.38 bits per heavy atom. The molecule has 6 nitrogen and oxygen atoms in total. The second-order valence-corrected chi connectivity index (χ2v) is 4.64. The number of amides is 1. The maximum absolute atomic E-state index is 11.9. The lowest BCUT2D eigenvalue weighted by molar-refractivity contribution is -0.137. The van der Waals surface area contributed by atoms with Gasteiger partial charge in [0.2, 0.25) is 5.91 Å². The van der Waals surface area contributed by atoms with Crippen LogP contribution >= 0.6 is 0 Å². The van der Waals surface area contributed by atoms with Crippen LogP contribution in [0.25, 0.3) is 0 Å². The largest absolute Gasteiger partial charge is 0.497 e. The third-order valence-electron chi connectivity index (χ3n) is 3.08. The van der Waals surface area contributed by atoms with Crippen LogP contribution in [0.15, 0.2) is 24.3 Å². The molecule has 1 rings (SSSR count). The summed E-state index contributed by atoms with van der Waals surface area (Å²) in [4.78, 5) is 24.2. The van der Waals surface area contributed by atoms with Gasteiger partial charge in [0.15, 0.2) is 0 Å². The van der Waals surface area contributed by atoms with Gasteiger partial charge < -0.3 is 15.2 Å². The highest BCUT2D eigenvalue weighted by atomic mass is 16.5. The van der Waals surface area contributed by atoms with Gasteiger partial charge in [-0.1, -0.05) is 19.1 Å². The summed E-state index contributed by atoms with van der Waals surface area (Å²) in [5.74, 6) is -0.228. The van der Waals surface area contributed by atoms with Crippen LogP contribution in [0.1, 0.15) is 18.9 Å². The molecule has 0 aliphatic rings. The normalized spacial score (nSPS) is 10.4. The van der Waals surface area contributed by atoms with Gasteiger partial charge in [-0.2, -0.15) is 0 Å². The Bertz CT molecular complexity index is 476. The van der Waals surface area contributed by atoms with Crippen molar-refractivity contribution in [2.75, 3.05) is 26.7 Å². The molecule has 0 aromatic heterocycles. The highest BCUT2D eigenvalue weighted by molar-refractivity contribution is 5.78. The molecule has 116 valence electrons. The zero-order chi connectivity index (χ0) is 15.7. The number of carboxylic acid groups (broad SMARTS) is 1. The lowest BCUT2D eigenvalue weighted by Crippen LogP contribution is -2.37. The molecule has 6 heteroatoms. The summed E-state index contributed by atoms with van der Waals surface area (Å²) in [6, 6.07) is 7.48. The predicted octanol–water partition coefficient (Wildman–Crippen LogP) is 1.11. The first-order chi connectivity index (χ1) is 10.0. The van der Waals surface area contributed by atoms with E-state index in [1.165, 1.54) is 0 Å². The molecule has 0 saturated carbocycles. The number of rotatable bonds is 9. The SMILES string of the molecule is CCN(CCC(=O)O)CC(=O)NCc1cccc(OC)c1. The summed E-state index contributed by atoms with van der Waals surface area (Å²) in [5, 5.41) is 11.5. The Morgan fingerprint density at radius 2 is 2.14 bits per heavy atom. The van der Waals surface area contributed by atoms with Gasteiger partial charge in [0, 0.05) is 13.1 Å². The van der Waals surface area contributed by atoms with Crippen LogP contribution in [0.4, 0.5) is 0 Å². The van der Waals surface area contributed by atoms with Crippen LogP contribution < -0.4 is 10.1 Å². The maximum atomic E-state index is 11.9. The number of carbonyl (C=O) groups excluding carboxylic acids is 1. The fraction of sp³-hybridized carbons (Fsp3) is 0.467. The summed E-state index contributed by atoms with van der Waals surface area (Å²) < 4.78 is 5.12. The number of ether oxygens (including phenoxy) is 1. The molecule has 0 bridgehead atoms. The first-order valence-electron chi connectivity index (χ1n) is 6.89. The van der Waals surface area contributed by atoms with E-state index in [0.717, 1.165) is 11.3 Å². The van der Waals surface area contributed by atoms with Gasteiger partial charge in [-0.15, -0.1) is 0 Å². The number of carbonyl (C=O) groups is 2. The summed E-state index contributed by atoms with van der Waals surface area (Å²) in [6.45, 7) is 3.54. The van der Waals surface area contributed by atoms with Crippen molar-refractivity contribution in [2.24, 2.45) is 0 Å². The molecule has 0 fully saturated rings. The summed E-state index contributed by atoms with van der Waals surface area (Å²) in [5.41, 5.74) is 0.955. The molecular weight excluding hydrogens is 272 g/mol. The number of hydrogen-bond acceptors (Lipinski definition) is 4. The van der Waals surface area contributed by atoms with Crippen molar-refractivity contribution in [1.29, 1.82) is 0 Å². The molecule has 1 amide bonds. The number of likely N-dealkylation sites (N-methyl/N-ethyl adjacent to an activating group) is 1. The third kappa shape index (κ3) is 6.76. The number of carboxylic acids is 1. The quantitative estimate of drug-likeness (QED) is 0.713. The van der Waals surface area contributed by atoms with Crippen molar-refractivity contribution in [3.8, 4) is 5.75 Å². The Labute approximate surface area is 124 Å². The van der Waals surface area contributed by atoms with E-state index in [1.54, 1.807) is 12.0 Å². The fourth-order valence-electron chi connectivity index (χ4n) is 1.84. The average Bonchev–Trinajstić information content (AvgIpc) is 2.49. The minimum atomic E-state index is -0.856. The van der Waals surface area contributed by atoms with Crippen LogP contribution in [0.5, 0.6) is 5.75 Å². The Kier molecular flexibility index (Phi) is 7.25. The second-order valence-electron chi connectivity index (χ2n) is 4.64. The topological polar surface area (TPSA) is 78.9 Å². The van der Waals surface area contributed by atoms with E-state index in [0.29, 0.717) is 19.6 Å². The van der Waals surface area contributed by atoms with Crippen molar-refractivity contribution < 1.29 is 19.4 Å². The lowest BCUT2D eigenvalue weighted by Gasteiger charge is -2.18. The van der Waals surface area contributed by atoms with Gasteiger partial charge in [-0.25, -0.2) is 0 Å². The Hall–Kier alpha value is -2.08. The van der Waals surface area contributed by atoms with E-state index >= 15 is 0 Å². The van der Waals surface area contributed by atoms with Gasteiger partial charge in [0.05, 0.1) is 20.1 Å². The van der Waals surface area contributed by atoms with Gasteiger partial charge in [0.1, 0.15) is 5.75 Å². The zero-order valence-corrected chi connectivity index (χ0v) is 12.5. The van der Waals surface area contributed by atoms with E-state index in [9.17, 15) is 9.59 Å². The van der Waals surface area contributed by atoms with Gasteiger partial charge in [-0.3, -0.25) is 14.5 Å². The van der Waals surface area contributed by atoms with Gasteiger partial charge in [0.25, 0.3) is 0 Å². The standard InChI is InChI=1S/C15H22N2O4/c1-3-17(8-7-15(19)20)11-14(18)16-10-12-5-4-6-13(9-12)21-2/h4-6,9H,3,7-8,10-11H2,1-2H3,(H,16,18)(H,19,20). The number of methoxy groups -OCH3 is 1. The molecule has 0 aliphatic heterocycles. The Balaban J connectivity index is 2.39. The first kappa shape index (κ1) is 17.0. The summed E-state index contributed by atoms with van der Waals surface area (Å²) in [7, 11) is 1.60. The van der Waals surface area contributed by atoms with Crippen LogP contribution in [-0.4, -0.2) is 48.6 Å². The van der Waals surface area contributed by atoms with E-state index in [-0.39, 0.29) is 18.9 Å². The fourth-order valence-corrected chi connectivity index (χ4v) is 1.84. The highest BCUT2D eigenvalue weighted by Gasteiger charge is 2.10. The lowest BCUT2D eigenvalue weighted by atomic mass is 10.2. The Morgan fingerprint density at radius 3 is 2.76 bits per heavy atom. The van der Waals surface area contributed by atoms with Crippen molar-refractivity contribution in [3.63, 3.8) is 0 Å². The van der Waals surface area contributed by atoms with Crippen LogP contribution in [0.2, 0.25) is 0 Å². The van der Waals surface area contributed by atoms with Crippen molar-refractivity contribution in [2.45, 2.75) is 19.9 Å². The molecule has 0 aliphatic carbocycles. The molecular formula is C15H22N2O4. The molecule has 2 N–H and O–H groups in total. The van der Waals surface area contributed by atoms with Crippen LogP contribution in [0, 0.1) is 0 Å². The molecule has 0 spiro atoms. The van der Waals surface area contributed by atoms with Gasteiger partial charge in [-0.05, 0) is 24.2 Å². The predicted molar refractivity (Wildman–Crippen MR) is 79.2 cm³/mol. The molecule has 0 atom stereocenters. The number of benzene rings is 1. The number of nitrogens with one attached hydrogen (secondary N) is 1. The minimum Gasteiger partial charge on any atom is -0.497 e. The number of aliphatic carboxylic acids is 1. The minimum absolute atomic E-state index is 0.0387. The van der Waals surface area contributed by atoms with Gasteiger partial charge >= 0.3 is 5.97 Å². The maximum Gasteiger partial charge on any atom is 0.304 e. The summed E-state index contributed by atoms with van der Waals surface area (Å²) in [6.07, 6.45) is 0.0387. The van der Waals surface area contributed by atoms with Crippen molar-refractivity contribution >= 4 is 11.9 Å². The van der Waals surface area contributed by atoms with Crippen LogP contribution in [-0.2, 0) is 16.1 Å². The smallest absolute Gasteiger partial charge is 0.304 e. The number of nitrogens with zero attached hydrogens (tertiary/aromatic N) is 1. The average molecular weight is 294 g/mol. The molecule has 1 aromatic carbocycles. The summed E-state index contributed by atoms with van der Waals surface area (Å²) >= 11 is 0. The molecule has 0 heterocycles. The number of hydrogen-bond donors (Lipinski definition) is 2. The zero-order valence-electron chi connectivity index (χ0n) is 12.5. The molecule has 0 radical (unpaired) electrons. The molecule has 21 heavy (non-hydrogen) atoms.